The van der Waals surface area contributed by atoms with Crippen LogP contribution in [0.1, 0.15) is 99.1 Å². The zero-order chi connectivity index (χ0) is 38.4. The van der Waals surface area contributed by atoms with Gasteiger partial charge < -0.3 is 5.11 Å². The van der Waals surface area contributed by atoms with Gasteiger partial charge in [0.1, 0.15) is 0 Å². The molecular formula is C44H52F3IrN2O2Te-. The number of benzene rings is 3. The number of aromatic nitrogens is 2. The van der Waals surface area contributed by atoms with E-state index in [0.29, 0.717) is 5.56 Å². The number of aliphatic hydroxyl groups is 1. The van der Waals surface area contributed by atoms with Gasteiger partial charge in [-0.25, -0.2) is 0 Å². The zero-order valence-corrected chi connectivity index (χ0v) is 37.0. The zero-order valence-electron chi connectivity index (χ0n) is 32.2. The van der Waals surface area contributed by atoms with E-state index >= 15 is 0 Å². The fraction of sp³-hybridized carbons (Fsp3) is 0.432. The van der Waals surface area contributed by atoms with Crippen LogP contribution in [-0.2, 0) is 36.7 Å². The number of allylic oxidation sites excluding steroid dienone is 2. The number of hydrogen-bond donors (Lipinski definition) is 1. The Kier molecular flexibility index (Phi) is 15.7. The van der Waals surface area contributed by atoms with E-state index in [2.05, 4.69) is 51.1 Å². The van der Waals surface area contributed by atoms with Crippen molar-refractivity contribution in [1.82, 2.24) is 9.97 Å². The fourth-order valence-corrected chi connectivity index (χ4v) is 9.36. The van der Waals surface area contributed by atoms with Gasteiger partial charge in [-0.15, -0.1) is 0 Å². The second kappa shape index (κ2) is 18.7. The van der Waals surface area contributed by atoms with E-state index in [4.69, 9.17) is 9.97 Å². The number of rotatable bonds is 11. The largest absolute Gasteiger partial charge is 0.512 e. The maximum atomic E-state index is 13.3. The third kappa shape index (κ3) is 10.9. The van der Waals surface area contributed by atoms with Crippen LogP contribution in [0.25, 0.3) is 40.2 Å². The molecule has 0 aliphatic carbocycles. The third-order valence-electron chi connectivity index (χ3n) is 9.84. The quantitative estimate of drug-likeness (QED) is 0.0620. The number of hydrogen-bond acceptors (Lipinski definition) is 4. The Labute approximate surface area is 336 Å². The summed E-state index contributed by atoms with van der Waals surface area (Å²) in [6, 6.07) is 23.5. The summed E-state index contributed by atoms with van der Waals surface area (Å²) in [6.07, 6.45) is 2.41. The topological polar surface area (TPSA) is 63.1 Å². The minimum atomic E-state index is -4.24. The van der Waals surface area contributed by atoms with Crippen molar-refractivity contribution in [2.45, 2.75) is 106 Å². The maximum absolute atomic E-state index is 13.3. The normalized spacial score (nSPS) is 12.6. The summed E-state index contributed by atoms with van der Waals surface area (Å²) in [4.78, 5) is 21.4. The predicted molar refractivity (Wildman–Crippen MR) is 210 cm³/mol. The molecule has 3 aromatic carbocycles. The van der Waals surface area contributed by atoms with Gasteiger partial charge in [0.2, 0.25) is 0 Å². The molecule has 0 aliphatic rings. The summed E-state index contributed by atoms with van der Waals surface area (Å²) in [5, 5.41) is 12.0. The van der Waals surface area contributed by atoms with E-state index in [1.807, 2.05) is 52.0 Å². The van der Waals surface area contributed by atoms with Crippen molar-refractivity contribution in [3.8, 4) is 20.5 Å². The molecule has 0 saturated carbocycles. The van der Waals surface area contributed by atoms with Crippen molar-refractivity contribution >= 4 is 45.9 Å². The average Bonchev–Trinajstić information content (AvgIpc) is 3.53. The molecule has 0 bridgehead atoms. The maximum Gasteiger partial charge on any atom is 0.162 e. The fourth-order valence-electron chi connectivity index (χ4n) is 6.30. The molecule has 0 fully saturated rings. The molecule has 53 heavy (non-hydrogen) atoms. The summed E-state index contributed by atoms with van der Waals surface area (Å²) >= 11 is -0.845. The Morgan fingerprint density at radius 3 is 2.06 bits per heavy atom. The number of aliphatic hydroxyl groups excluding tert-OH is 1. The second-order valence-electron chi connectivity index (χ2n) is 15.2. The third-order valence-corrected chi connectivity index (χ3v) is 13.1. The van der Waals surface area contributed by atoms with Gasteiger partial charge >= 0.3 is 226 Å². The minimum absolute atomic E-state index is 0. The van der Waals surface area contributed by atoms with E-state index in [9.17, 15) is 23.1 Å². The number of halogens is 3. The van der Waals surface area contributed by atoms with Crippen molar-refractivity contribution in [2.75, 3.05) is 0 Å². The molecule has 287 valence electrons. The molecule has 1 N–H and O–H groups in total. The Hall–Kier alpha value is -2.82. The van der Waals surface area contributed by atoms with Crippen LogP contribution in [0, 0.1) is 23.3 Å². The molecule has 2 aromatic heterocycles. The van der Waals surface area contributed by atoms with Gasteiger partial charge in [-0.2, -0.15) is 0 Å². The molecule has 4 nitrogen and oxygen atoms in total. The van der Waals surface area contributed by atoms with E-state index in [1.54, 1.807) is 18.3 Å². The smallest absolute Gasteiger partial charge is 0.162 e. The van der Waals surface area contributed by atoms with Gasteiger partial charge in [-0.3, -0.25) is 4.79 Å². The molecule has 5 rings (SSSR count). The van der Waals surface area contributed by atoms with Gasteiger partial charge in [-0.05, 0) is 25.7 Å². The van der Waals surface area contributed by atoms with E-state index in [1.165, 1.54) is 34.3 Å². The minimum Gasteiger partial charge on any atom is -0.512 e. The summed E-state index contributed by atoms with van der Waals surface area (Å²) in [5.41, 5.74) is 3.93. The first-order chi connectivity index (χ1) is 24.4. The number of fused-ring (bicyclic) bond motifs is 2. The summed E-state index contributed by atoms with van der Waals surface area (Å²) in [7, 11) is 0. The van der Waals surface area contributed by atoms with Gasteiger partial charge in [-0.1, -0.05) is 27.7 Å². The first kappa shape index (κ1) is 44.6. The van der Waals surface area contributed by atoms with Gasteiger partial charge in [0.15, 0.2) is 5.78 Å². The summed E-state index contributed by atoms with van der Waals surface area (Å²) < 4.78 is 42.2. The Morgan fingerprint density at radius 1 is 0.887 bits per heavy atom. The van der Waals surface area contributed by atoms with Crippen LogP contribution in [0.15, 0.2) is 78.7 Å². The van der Waals surface area contributed by atoms with Crippen molar-refractivity contribution in [3.05, 3.63) is 95.9 Å². The van der Waals surface area contributed by atoms with Gasteiger partial charge in [0.25, 0.3) is 0 Å². The first-order valence-electron chi connectivity index (χ1n) is 18.3. The first-order valence-corrected chi connectivity index (χ1v) is 20.6. The van der Waals surface area contributed by atoms with E-state index < -0.39 is 32.0 Å². The molecule has 0 unspecified atom stereocenters. The van der Waals surface area contributed by atoms with Crippen molar-refractivity contribution in [2.24, 2.45) is 17.3 Å². The van der Waals surface area contributed by atoms with Crippen LogP contribution in [-0.4, -0.2) is 47.5 Å². The van der Waals surface area contributed by atoms with Crippen LogP contribution >= 0.6 is 0 Å². The van der Waals surface area contributed by atoms with Crippen molar-refractivity contribution in [1.29, 1.82) is 0 Å². The Balaban J connectivity index is 0.000000403. The molecular weight excluding hydrogens is 965 g/mol. The van der Waals surface area contributed by atoms with Crippen LogP contribution < -0.4 is 0 Å². The van der Waals surface area contributed by atoms with Crippen LogP contribution in [0.2, 0.25) is 0 Å². The molecule has 5 aromatic rings. The molecule has 0 amide bonds. The van der Waals surface area contributed by atoms with Gasteiger partial charge in [0.05, 0.1) is 5.76 Å². The van der Waals surface area contributed by atoms with Crippen LogP contribution in [0.3, 0.4) is 0 Å². The Morgan fingerprint density at radius 2 is 1.49 bits per heavy atom. The molecule has 2 heterocycles. The van der Waals surface area contributed by atoms with Gasteiger partial charge in [0, 0.05) is 38.0 Å². The molecule has 0 atom stereocenters. The number of carbonyl (C=O) groups is 1. The molecule has 0 saturated heterocycles. The van der Waals surface area contributed by atoms with Crippen LogP contribution in [0.4, 0.5) is 13.2 Å². The SMILES string of the molecule is CC(C)(C)c1cc(-c2nccc3nc(-c4ccc(CC(C)(C)C(F)(F)F)cc4)[te]c23)[c-]c2ccccc12.CCC(CC)C(=O)/C=C(\O)C(CC)CC.[Ir]. The number of pyridine rings is 1. The molecule has 0 aliphatic heterocycles. The number of nitrogens with zero attached hydrogens (tertiary/aromatic N) is 2. The molecule has 1 radical (unpaired) electrons. The van der Waals surface area contributed by atoms with E-state index in [-0.39, 0.29) is 55.3 Å². The molecule has 9 heteroatoms. The number of alkyl halides is 3. The monoisotopic (exact) mass is 1020 g/mol. The van der Waals surface area contributed by atoms with Crippen molar-refractivity contribution in [3.63, 3.8) is 0 Å². The summed E-state index contributed by atoms with van der Waals surface area (Å²) in [6.45, 7) is 17.2. The standard InChI is InChI=1S/C31H28F3N2Te.C13H24O2.Ir/c1-29(2,3)24-17-22(16-21-8-6-7-9-23(21)24)26-27-25(14-15-35-26)36-28(37-27)20-12-10-19(11-13-20)18-30(4,5)31(32,33)34;1-5-10(6-2)12(14)9-13(15)11(7-3)8-4;/h6-15,17H,18H2,1-5H3;9-11,14H,5-8H2,1-4H3;/q-1;;/b;12-9-;. The summed E-state index contributed by atoms with van der Waals surface area (Å²) in [5.74, 6) is 0.547. The average molecular weight is 1020 g/mol. The number of carbonyl (C=O) groups excluding carboxylic acids is 1. The predicted octanol–water partition coefficient (Wildman–Crippen LogP) is 12.3. The second-order valence-corrected chi connectivity index (χ2v) is 18.0. The Bertz CT molecular complexity index is 2000. The van der Waals surface area contributed by atoms with Crippen molar-refractivity contribution < 1.29 is 43.2 Å². The number of ketones is 1. The molecule has 0 spiro atoms. The van der Waals surface area contributed by atoms with E-state index in [0.717, 1.165) is 57.1 Å². The van der Waals surface area contributed by atoms with Crippen LogP contribution in [0.5, 0.6) is 0 Å².